The lowest BCUT2D eigenvalue weighted by Crippen LogP contribution is -2.24. The highest BCUT2D eigenvalue weighted by Gasteiger charge is 2.25. The van der Waals surface area contributed by atoms with Crippen LogP contribution in [0.1, 0.15) is 17.7 Å². The second kappa shape index (κ2) is 9.13. The number of para-hydroxylation sites is 1. The van der Waals surface area contributed by atoms with Crippen molar-refractivity contribution in [3.05, 3.63) is 72.3 Å². The minimum Gasteiger partial charge on any atom is -0.480 e. The molecular formula is C22H19NO3S. The van der Waals surface area contributed by atoms with Crippen molar-refractivity contribution >= 4 is 28.4 Å². The Kier molecular flexibility index (Phi) is 6.37. The quantitative estimate of drug-likeness (QED) is 0.286. The summed E-state index contributed by atoms with van der Waals surface area (Å²) in [7, 11) is 0. The Morgan fingerprint density at radius 3 is 2.67 bits per heavy atom. The topological polar surface area (TPSA) is 58.6 Å². The summed E-state index contributed by atoms with van der Waals surface area (Å²) in [5.74, 6) is 5.83. The summed E-state index contributed by atoms with van der Waals surface area (Å²) in [5.41, 5.74) is 2.62. The van der Waals surface area contributed by atoms with Gasteiger partial charge >= 0.3 is 0 Å². The molecule has 0 heterocycles. The van der Waals surface area contributed by atoms with E-state index in [1.165, 1.54) is 11.8 Å². The van der Waals surface area contributed by atoms with Crippen LogP contribution in [0.2, 0.25) is 0 Å². The summed E-state index contributed by atoms with van der Waals surface area (Å²) < 4.78 is 5.73. The van der Waals surface area contributed by atoms with Gasteiger partial charge in [0, 0.05) is 0 Å². The maximum Gasteiger partial charge on any atom is 0.261 e. The van der Waals surface area contributed by atoms with Gasteiger partial charge in [-0.1, -0.05) is 60.5 Å². The van der Waals surface area contributed by atoms with Crippen LogP contribution in [0.3, 0.4) is 0 Å². The van der Waals surface area contributed by atoms with E-state index < -0.39 is 11.2 Å². The SMILES string of the molecule is CC#CCOc1ccccc1SC(C(=O)NO)c1cccc2ccccc12. The van der Waals surface area contributed by atoms with Crippen molar-refractivity contribution in [2.45, 2.75) is 17.1 Å². The van der Waals surface area contributed by atoms with Gasteiger partial charge in [-0.15, -0.1) is 17.7 Å². The van der Waals surface area contributed by atoms with Gasteiger partial charge in [-0.05, 0) is 35.4 Å². The molecule has 0 saturated carbocycles. The van der Waals surface area contributed by atoms with Crippen molar-refractivity contribution in [3.63, 3.8) is 0 Å². The van der Waals surface area contributed by atoms with Crippen LogP contribution in [0.4, 0.5) is 0 Å². The molecule has 3 aromatic carbocycles. The molecule has 0 aromatic heterocycles. The number of hydrogen-bond donors (Lipinski definition) is 2. The number of amides is 1. The Hall–Kier alpha value is -2.94. The molecule has 2 N–H and O–H groups in total. The van der Waals surface area contributed by atoms with Gasteiger partial charge < -0.3 is 4.74 Å². The van der Waals surface area contributed by atoms with E-state index in [1.807, 2.05) is 66.7 Å². The van der Waals surface area contributed by atoms with Crippen molar-refractivity contribution in [2.75, 3.05) is 6.61 Å². The fraction of sp³-hybridized carbons (Fsp3) is 0.136. The van der Waals surface area contributed by atoms with E-state index in [0.717, 1.165) is 21.2 Å². The zero-order valence-electron chi connectivity index (χ0n) is 14.8. The van der Waals surface area contributed by atoms with Gasteiger partial charge in [0.15, 0.2) is 0 Å². The van der Waals surface area contributed by atoms with E-state index in [4.69, 9.17) is 4.74 Å². The molecule has 0 radical (unpaired) electrons. The highest BCUT2D eigenvalue weighted by Crippen LogP contribution is 2.42. The van der Waals surface area contributed by atoms with E-state index in [1.54, 1.807) is 12.4 Å². The third-order valence-electron chi connectivity index (χ3n) is 4.02. The summed E-state index contributed by atoms with van der Waals surface area (Å²) in [5, 5.41) is 10.7. The molecule has 5 heteroatoms. The Morgan fingerprint density at radius 1 is 1.11 bits per heavy atom. The molecule has 136 valence electrons. The largest absolute Gasteiger partial charge is 0.480 e. The van der Waals surface area contributed by atoms with Gasteiger partial charge in [0.2, 0.25) is 0 Å². The zero-order valence-corrected chi connectivity index (χ0v) is 15.6. The first-order chi connectivity index (χ1) is 13.2. The molecular weight excluding hydrogens is 358 g/mol. The molecule has 0 bridgehead atoms. The predicted molar refractivity (Wildman–Crippen MR) is 108 cm³/mol. The number of rotatable bonds is 6. The standard InChI is InChI=1S/C22H19NO3S/c1-2-3-15-26-19-13-6-7-14-20(19)27-21(22(24)23-25)18-12-8-10-16-9-4-5-11-17(16)18/h4-14,21,25H,15H2,1H3,(H,23,24). The van der Waals surface area contributed by atoms with Crippen molar-refractivity contribution in [2.24, 2.45) is 0 Å². The maximum atomic E-state index is 12.5. The van der Waals surface area contributed by atoms with Crippen molar-refractivity contribution in [3.8, 4) is 17.6 Å². The monoisotopic (exact) mass is 377 g/mol. The summed E-state index contributed by atoms with van der Waals surface area (Å²) >= 11 is 1.33. The van der Waals surface area contributed by atoms with Gasteiger partial charge in [0.25, 0.3) is 5.91 Å². The molecule has 0 aliphatic rings. The molecule has 27 heavy (non-hydrogen) atoms. The predicted octanol–water partition coefficient (Wildman–Crippen LogP) is 4.58. The van der Waals surface area contributed by atoms with Crippen LogP contribution in [0.25, 0.3) is 10.8 Å². The highest BCUT2D eigenvalue weighted by molar-refractivity contribution is 8.00. The molecule has 0 fully saturated rings. The van der Waals surface area contributed by atoms with Crippen molar-refractivity contribution < 1.29 is 14.7 Å². The molecule has 0 aliphatic carbocycles. The molecule has 3 rings (SSSR count). The van der Waals surface area contributed by atoms with Crippen LogP contribution < -0.4 is 10.2 Å². The maximum absolute atomic E-state index is 12.5. The van der Waals surface area contributed by atoms with Crippen LogP contribution in [0.15, 0.2) is 71.6 Å². The third-order valence-corrected chi connectivity index (χ3v) is 5.32. The summed E-state index contributed by atoms with van der Waals surface area (Å²) in [4.78, 5) is 13.3. The molecule has 0 spiro atoms. The first-order valence-corrected chi connectivity index (χ1v) is 9.32. The van der Waals surface area contributed by atoms with Gasteiger partial charge in [-0.25, -0.2) is 5.48 Å². The van der Waals surface area contributed by atoms with E-state index in [2.05, 4.69) is 11.8 Å². The Bertz CT molecular complexity index is 1000. The number of carbonyl (C=O) groups excluding carboxylic acids is 1. The minimum absolute atomic E-state index is 0.277. The Balaban J connectivity index is 2.00. The average molecular weight is 377 g/mol. The lowest BCUT2D eigenvalue weighted by molar-refractivity contribution is -0.128. The van der Waals surface area contributed by atoms with Crippen molar-refractivity contribution in [1.29, 1.82) is 0 Å². The van der Waals surface area contributed by atoms with E-state index in [0.29, 0.717) is 5.75 Å². The summed E-state index contributed by atoms with van der Waals surface area (Å²) in [6.07, 6.45) is 0. The summed E-state index contributed by atoms with van der Waals surface area (Å²) in [6, 6.07) is 21.2. The molecule has 4 nitrogen and oxygen atoms in total. The van der Waals surface area contributed by atoms with E-state index >= 15 is 0 Å². The number of carbonyl (C=O) groups is 1. The Morgan fingerprint density at radius 2 is 1.85 bits per heavy atom. The van der Waals surface area contributed by atoms with Gasteiger partial charge in [0.05, 0.1) is 4.90 Å². The second-order valence-corrected chi connectivity index (χ2v) is 6.85. The number of ether oxygens (including phenoxy) is 1. The van der Waals surface area contributed by atoms with Crippen LogP contribution in [0, 0.1) is 11.8 Å². The second-order valence-electron chi connectivity index (χ2n) is 5.70. The number of hydrogen-bond acceptors (Lipinski definition) is 4. The smallest absolute Gasteiger partial charge is 0.261 e. The first-order valence-electron chi connectivity index (χ1n) is 8.44. The van der Waals surface area contributed by atoms with Crippen LogP contribution in [0.5, 0.6) is 5.75 Å². The fourth-order valence-electron chi connectivity index (χ4n) is 2.78. The average Bonchev–Trinajstić information content (AvgIpc) is 2.72. The number of thioether (sulfide) groups is 1. The van der Waals surface area contributed by atoms with Gasteiger partial charge in [-0.3, -0.25) is 10.0 Å². The van der Waals surface area contributed by atoms with E-state index in [-0.39, 0.29) is 6.61 Å². The third kappa shape index (κ3) is 4.43. The number of hydroxylamine groups is 1. The molecule has 3 aromatic rings. The molecule has 1 atom stereocenters. The number of benzene rings is 3. The minimum atomic E-state index is -0.636. The normalized spacial score (nSPS) is 11.3. The van der Waals surface area contributed by atoms with Gasteiger partial charge in [0.1, 0.15) is 17.6 Å². The zero-order chi connectivity index (χ0) is 19.1. The highest BCUT2D eigenvalue weighted by atomic mass is 32.2. The molecule has 1 unspecified atom stereocenters. The molecule has 0 saturated heterocycles. The Labute approximate surface area is 162 Å². The fourth-order valence-corrected chi connectivity index (χ4v) is 3.92. The van der Waals surface area contributed by atoms with Crippen LogP contribution in [-0.2, 0) is 4.79 Å². The van der Waals surface area contributed by atoms with Crippen molar-refractivity contribution in [1.82, 2.24) is 5.48 Å². The molecule has 1 amide bonds. The van der Waals surface area contributed by atoms with Gasteiger partial charge in [-0.2, -0.15) is 0 Å². The van der Waals surface area contributed by atoms with E-state index in [9.17, 15) is 10.0 Å². The van der Waals surface area contributed by atoms with Crippen LogP contribution in [-0.4, -0.2) is 17.7 Å². The lowest BCUT2D eigenvalue weighted by atomic mass is 10.0. The van der Waals surface area contributed by atoms with Crippen LogP contribution >= 0.6 is 11.8 Å². The lowest BCUT2D eigenvalue weighted by Gasteiger charge is -2.18. The number of fused-ring (bicyclic) bond motifs is 1. The first kappa shape index (κ1) is 18.8. The summed E-state index contributed by atoms with van der Waals surface area (Å²) in [6.45, 7) is 2.03. The number of nitrogens with one attached hydrogen (secondary N) is 1. The molecule has 0 aliphatic heterocycles.